The minimum atomic E-state index is 0.138. The Morgan fingerprint density at radius 2 is 1.45 bits per heavy atom. The zero-order valence-corrected chi connectivity index (χ0v) is 17.6. The normalized spacial score (nSPS) is 17.4. The highest BCUT2D eigenvalue weighted by molar-refractivity contribution is 5.94. The van der Waals surface area contributed by atoms with Gasteiger partial charge in [0, 0.05) is 63.3 Å². The van der Waals surface area contributed by atoms with Gasteiger partial charge in [0.25, 0.3) is 5.91 Å². The van der Waals surface area contributed by atoms with Gasteiger partial charge in [0.1, 0.15) is 0 Å². The maximum atomic E-state index is 12.9. The molecule has 2 fully saturated rings. The van der Waals surface area contributed by atoms with Gasteiger partial charge in [-0.2, -0.15) is 0 Å². The van der Waals surface area contributed by atoms with E-state index in [0.717, 1.165) is 57.2 Å². The predicted octanol–water partition coefficient (Wildman–Crippen LogP) is 2.71. The van der Waals surface area contributed by atoms with Crippen LogP contribution in [0.25, 0.3) is 0 Å². The van der Waals surface area contributed by atoms with Gasteiger partial charge in [0.2, 0.25) is 5.95 Å². The summed E-state index contributed by atoms with van der Waals surface area (Å²) in [6.45, 7) is 5.32. The molecule has 3 heterocycles. The molecule has 31 heavy (non-hydrogen) atoms. The van der Waals surface area contributed by atoms with Crippen molar-refractivity contribution in [2.24, 2.45) is 0 Å². The van der Waals surface area contributed by atoms with Crippen LogP contribution in [-0.2, 0) is 6.42 Å². The SMILES string of the molecule is O=C(c1ccc(Cc2ccccc2)cc1)N1CCN(C2CN(c3ncccn3)C2)CC1. The average molecular weight is 414 g/mol. The van der Waals surface area contributed by atoms with Crippen LogP contribution in [0.3, 0.4) is 0 Å². The first-order chi connectivity index (χ1) is 15.3. The number of rotatable bonds is 5. The van der Waals surface area contributed by atoms with Crippen molar-refractivity contribution in [1.82, 2.24) is 19.8 Å². The maximum absolute atomic E-state index is 12.9. The van der Waals surface area contributed by atoms with Gasteiger partial charge in [-0.25, -0.2) is 9.97 Å². The molecule has 2 saturated heterocycles. The van der Waals surface area contributed by atoms with Crippen LogP contribution in [0.15, 0.2) is 73.1 Å². The Bertz CT molecular complexity index is 995. The highest BCUT2D eigenvalue weighted by atomic mass is 16.2. The average Bonchev–Trinajstić information content (AvgIpc) is 2.80. The molecule has 0 unspecified atom stereocenters. The van der Waals surface area contributed by atoms with E-state index in [1.54, 1.807) is 12.4 Å². The second-order valence-electron chi connectivity index (χ2n) is 8.30. The summed E-state index contributed by atoms with van der Waals surface area (Å²) in [6.07, 6.45) is 4.46. The Labute approximate surface area is 183 Å². The first-order valence-electron chi connectivity index (χ1n) is 10.9. The predicted molar refractivity (Wildman–Crippen MR) is 121 cm³/mol. The zero-order valence-electron chi connectivity index (χ0n) is 17.6. The molecule has 158 valence electrons. The van der Waals surface area contributed by atoms with Gasteiger partial charge in [0.05, 0.1) is 0 Å². The van der Waals surface area contributed by atoms with Crippen molar-refractivity contribution in [1.29, 1.82) is 0 Å². The number of hydrogen-bond donors (Lipinski definition) is 0. The Morgan fingerprint density at radius 1 is 0.806 bits per heavy atom. The lowest BCUT2D eigenvalue weighted by atomic mass is 10.0. The molecule has 0 bridgehead atoms. The molecule has 0 radical (unpaired) electrons. The molecule has 0 spiro atoms. The number of carbonyl (C=O) groups excluding carboxylic acids is 1. The standard InChI is InChI=1S/C25H27N5O/c31-24(22-9-7-21(8-10-22)17-20-5-2-1-3-6-20)29-15-13-28(14-16-29)23-18-30(19-23)25-26-11-4-12-27-25/h1-12,23H,13-19H2. The number of benzene rings is 2. The van der Waals surface area contributed by atoms with Crippen LogP contribution in [0.2, 0.25) is 0 Å². The van der Waals surface area contributed by atoms with E-state index in [1.165, 1.54) is 11.1 Å². The summed E-state index contributed by atoms with van der Waals surface area (Å²) in [5.74, 6) is 0.946. The number of piperazine rings is 1. The quantitative estimate of drug-likeness (QED) is 0.644. The molecule has 0 aliphatic carbocycles. The van der Waals surface area contributed by atoms with Crippen LogP contribution >= 0.6 is 0 Å². The van der Waals surface area contributed by atoms with Crippen LogP contribution in [0.4, 0.5) is 5.95 Å². The van der Waals surface area contributed by atoms with Crippen molar-refractivity contribution in [2.75, 3.05) is 44.2 Å². The van der Waals surface area contributed by atoms with Crippen LogP contribution in [0.5, 0.6) is 0 Å². The fraction of sp³-hybridized carbons (Fsp3) is 0.320. The van der Waals surface area contributed by atoms with Crippen LogP contribution in [-0.4, -0.2) is 71.0 Å². The molecule has 2 aliphatic heterocycles. The summed E-state index contributed by atoms with van der Waals surface area (Å²) in [6, 6.07) is 20.9. The molecule has 0 atom stereocenters. The fourth-order valence-corrected chi connectivity index (χ4v) is 4.37. The first kappa shape index (κ1) is 19.7. The third-order valence-corrected chi connectivity index (χ3v) is 6.27. The number of hydrogen-bond acceptors (Lipinski definition) is 5. The third kappa shape index (κ3) is 4.44. The minimum absolute atomic E-state index is 0.138. The Hall–Kier alpha value is -3.25. The molecule has 3 aromatic rings. The molecule has 5 rings (SSSR count). The lowest BCUT2D eigenvalue weighted by molar-refractivity contribution is 0.0534. The van der Waals surface area contributed by atoms with Crippen molar-refractivity contribution >= 4 is 11.9 Å². The Morgan fingerprint density at radius 3 is 2.13 bits per heavy atom. The van der Waals surface area contributed by atoms with Crippen molar-refractivity contribution < 1.29 is 4.79 Å². The fourth-order valence-electron chi connectivity index (χ4n) is 4.37. The van der Waals surface area contributed by atoms with Crippen molar-refractivity contribution in [3.05, 3.63) is 89.7 Å². The van der Waals surface area contributed by atoms with Gasteiger partial charge in [-0.05, 0) is 35.7 Å². The van der Waals surface area contributed by atoms with Gasteiger partial charge in [-0.3, -0.25) is 9.69 Å². The van der Waals surface area contributed by atoms with E-state index in [4.69, 9.17) is 0 Å². The Balaban J connectivity index is 1.11. The monoisotopic (exact) mass is 413 g/mol. The summed E-state index contributed by atoms with van der Waals surface area (Å²) >= 11 is 0. The Kier molecular flexibility index (Phi) is 5.63. The van der Waals surface area contributed by atoms with Crippen LogP contribution < -0.4 is 4.90 Å². The molecule has 6 nitrogen and oxygen atoms in total. The summed E-state index contributed by atoms with van der Waals surface area (Å²) in [5, 5.41) is 0. The van der Waals surface area contributed by atoms with Crippen molar-refractivity contribution in [2.45, 2.75) is 12.5 Å². The number of nitrogens with zero attached hydrogens (tertiary/aromatic N) is 5. The number of anilines is 1. The minimum Gasteiger partial charge on any atom is -0.338 e. The van der Waals surface area contributed by atoms with Crippen LogP contribution in [0, 0.1) is 0 Å². The van der Waals surface area contributed by atoms with E-state index >= 15 is 0 Å². The smallest absolute Gasteiger partial charge is 0.253 e. The summed E-state index contributed by atoms with van der Waals surface area (Å²) in [7, 11) is 0. The highest BCUT2D eigenvalue weighted by Crippen LogP contribution is 2.21. The van der Waals surface area contributed by atoms with E-state index in [2.05, 4.69) is 56.2 Å². The third-order valence-electron chi connectivity index (χ3n) is 6.27. The molecule has 2 aliphatic rings. The lowest BCUT2D eigenvalue weighted by Gasteiger charge is -2.48. The largest absolute Gasteiger partial charge is 0.338 e. The van der Waals surface area contributed by atoms with E-state index in [-0.39, 0.29) is 5.91 Å². The summed E-state index contributed by atoms with van der Waals surface area (Å²) < 4.78 is 0. The van der Waals surface area contributed by atoms with Crippen LogP contribution in [0.1, 0.15) is 21.5 Å². The van der Waals surface area contributed by atoms with E-state index < -0.39 is 0 Å². The second-order valence-corrected chi connectivity index (χ2v) is 8.30. The van der Waals surface area contributed by atoms with E-state index in [0.29, 0.717) is 6.04 Å². The molecule has 0 N–H and O–H groups in total. The van der Waals surface area contributed by atoms with Crippen molar-refractivity contribution in [3.63, 3.8) is 0 Å². The first-order valence-corrected chi connectivity index (χ1v) is 10.9. The summed E-state index contributed by atoms with van der Waals surface area (Å²) in [5.41, 5.74) is 3.29. The second kappa shape index (κ2) is 8.86. The maximum Gasteiger partial charge on any atom is 0.253 e. The molecule has 0 saturated carbocycles. The highest BCUT2D eigenvalue weighted by Gasteiger charge is 2.35. The lowest BCUT2D eigenvalue weighted by Crippen LogP contribution is -2.63. The molecular formula is C25H27N5O. The van der Waals surface area contributed by atoms with Gasteiger partial charge >= 0.3 is 0 Å². The van der Waals surface area contributed by atoms with Gasteiger partial charge in [-0.1, -0.05) is 42.5 Å². The number of carbonyl (C=O) groups is 1. The molecule has 6 heteroatoms. The van der Waals surface area contributed by atoms with E-state index in [9.17, 15) is 4.79 Å². The van der Waals surface area contributed by atoms with E-state index in [1.807, 2.05) is 29.2 Å². The van der Waals surface area contributed by atoms with Crippen molar-refractivity contribution in [3.8, 4) is 0 Å². The number of amides is 1. The molecule has 1 aromatic heterocycles. The van der Waals surface area contributed by atoms with Gasteiger partial charge in [-0.15, -0.1) is 0 Å². The molecular weight excluding hydrogens is 386 g/mol. The molecule has 2 aromatic carbocycles. The summed E-state index contributed by atoms with van der Waals surface area (Å²) in [4.78, 5) is 28.3. The molecule has 1 amide bonds. The topological polar surface area (TPSA) is 52.6 Å². The zero-order chi connectivity index (χ0) is 21.0. The van der Waals surface area contributed by atoms with Gasteiger partial charge in [0.15, 0.2) is 0 Å². The van der Waals surface area contributed by atoms with Gasteiger partial charge < -0.3 is 9.80 Å². The number of aromatic nitrogens is 2.